The minimum Gasteiger partial charge on any atom is -0.325 e. The van der Waals surface area contributed by atoms with Crippen LogP contribution in [0.1, 0.15) is 29.3 Å². The molecule has 0 aliphatic heterocycles. The van der Waals surface area contributed by atoms with Crippen molar-refractivity contribution < 1.29 is 24.2 Å². The number of anilines is 2. The van der Waals surface area contributed by atoms with Crippen molar-refractivity contribution in [3.05, 3.63) is 140 Å². The van der Waals surface area contributed by atoms with Crippen LogP contribution in [0.4, 0.5) is 22.7 Å². The highest BCUT2D eigenvalue weighted by Crippen LogP contribution is 2.29. The van der Waals surface area contributed by atoms with Crippen LogP contribution < -0.4 is 16.0 Å². The Labute approximate surface area is 261 Å². The van der Waals surface area contributed by atoms with E-state index in [1.807, 2.05) is 6.92 Å². The van der Waals surface area contributed by atoms with Crippen LogP contribution in [0.2, 0.25) is 0 Å². The number of hydrogen-bond donors (Lipinski definition) is 3. The van der Waals surface area contributed by atoms with Gasteiger partial charge in [0.25, 0.3) is 23.2 Å². The van der Waals surface area contributed by atoms with Crippen molar-refractivity contribution in [1.82, 2.24) is 5.32 Å². The lowest BCUT2D eigenvalue weighted by atomic mass is 10.1. The summed E-state index contributed by atoms with van der Waals surface area (Å²) in [4.78, 5) is 61.4. The van der Waals surface area contributed by atoms with Gasteiger partial charge in [0.15, 0.2) is 0 Å². The van der Waals surface area contributed by atoms with Crippen LogP contribution >= 0.6 is 11.8 Å². The molecule has 0 fully saturated rings. The molecule has 13 heteroatoms. The summed E-state index contributed by atoms with van der Waals surface area (Å²) in [5.74, 6) is -1.60. The van der Waals surface area contributed by atoms with Crippen LogP contribution in [-0.4, -0.2) is 32.8 Å². The largest absolute Gasteiger partial charge is 0.325 e. The van der Waals surface area contributed by atoms with E-state index in [0.29, 0.717) is 22.7 Å². The molecule has 1 atom stereocenters. The number of non-ortho nitro benzene ring substituents is 1. The van der Waals surface area contributed by atoms with Crippen molar-refractivity contribution in [2.24, 2.45) is 0 Å². The van der Waals surface area contributed by atoms with E-state index in [9.17, 15) is 34.6 Å². The summed E-state index contributed by atoms with van der Waals surface area (Å²) in [7, 11) is 0. The molecule has 0 saturated carbocycles. The predicted octanol–water partition coefficient (Wildman–Crippen LogP) is 6.42. The van der Waals surface area contributed by atoms with Crippen molar-refractivity contribution in [3.63, 3.8) is 0 Å². The molecular formula is C32H27N5O7S. The molecule has 0 spiro atoms. The Morgan fingerprint density at radius 2 is 1.49 bits per heavy atom. The summed E-state index contributed by atoms with van der Waals surface area (Å²) in [6.45, 7) is 1.84. The molecule has 4 aromatic rings. The van der Waals surface area contributed by atoms with Crippen LogP contribution in [0.25, 0.3) is 6.08 Å². The lowest BCUT2D eigenvalue weighted by Gasteiger charge is -2.16. The Bertz CT molecular complexity index is 1760. The molecule has 228 valence electrons. The smallest absolute Gasteiger partial charge is 0.276 e. The van der Waals surface area contributed by atoms with Gasteiger partial charge >= 0.3 is 0 Å². The number of nitrogens with one attached hydrogen (secondary N) is 3. The van der Waals surface area contributed by atoms with E-state index < -0.39 is 26.9 Å². The summed E-state index contributed by atoms with van der Waals surface area (Å²) in [6.07, 6.45) is 1.71. The molecule has 3 amide bonds. The van der Waals surface area contributed by atoms with Crippen LogP contribution in [-0.2, 0) is 9.59 Å². The molecule has 0 aliphatic rings. The Balaban J connectivity index is 1.52. The standard InChI is InChI=1S/C32H27N5O7S/c1-2-29(32(40)33-23-15-17-25(18-16-23)36(41)42)45-26-13-8-12-24(20-26)34-31(39)27(35-30(38)21-9-4-3-5-10-21)19-22-11-6-7-14-28(22)37(43)44/h3-20,29H,2H2,1H3,(H,33,40)(H,34,39)(H,35,38)/b27-19+. The van der Waals surface area contributed by atoms with E-state index in [0.717, 1.165) is 0 Å². The topological polar surface area (TPSA) is 174 Å². The molecule has 45 heavy (non-hydrogen) atoms. The normalized spacial score (nSPS) is 11.6. The number of nitro groups is 2. The van der Waals surface area contributed by atoms with Crippen molar-refractivity contribution in [2.75, 3.05) is 10.6 Å². The van der Waals surface area contributed by atoms with E-state index in [-0.39, 0.29) is 34.1 Å². The average molecular weight is 626 g/mol. The first kappa shape index (κ1) is 32.1. The number of nitro benzene ring substituents is 2. The van der Waals surface area contributed by atoms with Crippen molar-refractivity contribution in [3.8, 4) is 0 Å². The molecule has 4 rings (SSSR count). The zero-order chi connectivity index (χ0) is 32.3. The highest BCUT2D eigenvalue weighted by molar-refractivity contribution is 8.00. The molecule has 1 unspecified atom stereocenters. The summed E-state index contributed by atoms with van der Waals surface area (Å²) in [5, 5.41) is 30.0. The molecule has 0 saturated heterocycles. The molecule has 0 aliphatic carbocycles. The van der Waals surface area contributed by atoms with E-state index in [4.69, 9.17) is 0 Å². The van der Waals surface area contributed by atoms with Crippen molar-refractivity contribution in [1.29, 1.82) is 0 Å². The van der Waals surface area contributed by atoms with Gasteiger partial charge in [0.05, 0.1) is 20.7 Å². The minimum absolute atomic E-state index is 0.0899. The highest BCUT2D eigenvalue weighted by Gasteiger charge is 2.21. The first-order chi connectivity index (χ1) is 21.6. The third-order valence-electron chi connectivity index (χ3n) is 6.34. The second kappa shape index (κ2) is 15.1. The van der Waals surface area contributed by atoms with Crippen LogP contribution in [0.3, 0.4) is 0 Å². The van der Waals surface area contributed by atoms with Gasteiger partial charge in [0.1, 0.15) is 5.70 Å². The monoisotopic (exact) mass is 625 g/mol. The number of carbonyl (C=O) groups is 3. The van der Waals surface area contributed by atoms with Gasteiger partial charge in [0.2, 0.25) is 5.91 Å². The van der Waals surface area contributed by atoms with Gasteiger partial charge in [-0.05, 0) is 61.0 Å². The van der Waals surface area contributed by atoms with E-state index in [1.54, 1.807) is 60.7 Å². The van der Waals surface area contributed by atoms with Gasteiger partial charge in [-0.1, -0.05) is 43.3 Å². The molecular weight excluding hydrogens is 598 g/mol. The Morgan fingerprint density at radius 1 is 0.800 bits per heavy atom. The van der Waals surface area contributed by atoms with E-state index in [1.165, 1.54) is 60.3 Å². The number of nitrogens with zero attached hydrogens (tertiary/aromatic N) is 2. The zero-order valence-corrected chi connectivity index (χ0v) is 24.7. The van der Waals surface area contributed by atoms with Gasteiger partial charge in [-0.2, -0.15) is 0 Å². The lowest BCUT2D eigenvalue weighted by Crippen LogP contribution is -2.30. The fourth-order valence-electron chi connectivity index (χ4n) is 4.10. The second-order valence-corrected chi connectivity index (χ2v) is 10.8. The van der Waals surface area contributed by atoms with Crippen LogP contribution in [0, 0.1) is 20.2 Å². The summed E-state index contributed by atoms with van der Waals surface area (Å²) < 4.78 is 0. The Hall–Kier alpha value is -5.82. The number of amides is 3. The number of para-hydroxylation sites is 1. The maximum Gasteiger partial charge on any atom is 0.276 e. The predicted molar refractivity (Wildman–Crippen MR) is 172 cm³/mol. The molecule has 12 nitrogen and oxygen atoms in total. The summed E-state index contributed by atoms with van der Waals surface area (Å²) >= 11 is 1.26. The van der Waals surface area contributed by atoms with Gasteiger partial charge < -0.3 is 16.0 Å². The minimum atomic E-state index is -0.720. The van der Waals surface area contributed by atoms with Gasteiger partial charge in [-0.15, -0.1) is 11.8 Å². The third kappa shape index (κ3) is 8.84. The van der Waals surface area contributed by atoms with Gasteiger partial charge in [-0.3, -0.25) is 34.6 Å². The zero-order valence-electron chi connectivity index (χ0n) is 23.8. The fourth-order valence-corrected chi connectivity index (χ4v) is 5.11. The average Bonchev–Trinajstić information content (AvgIpc) is 3.04. The molecule has 0 radical (unpaired) electrons. The van der Waals surface area contributed by atoms with Crippen molar-refractivity contribution >= 4 is 58.3 Å². The Morgan fingerprint density at radius 3 is 2.16 bits per heavy atom. The second-order valence-electron chi connectivity index (χ2n) is 9.48. The summed E-state index contributed by atoms with van der Waals surface area (Å²) in [6, 6.07) is 26.3. The maximum atomic E-state index is 13.5. The van der Waals surface area contributed by atoms with E-state index >= 15 is 0 Å². The van der Waals surface area contributed by atoms with Gasteiger partial charge in [0, 0.05) is 40.0 Å². The van der Waals surface area contributed by atoms with E-state index in [2.05, 4.69) is 16.0 Å². The number of carbonyl (C=O) groups excluding carboxylic acids is 3. The maximum absolute atomic E-state index is 13.5. The van der Waals surface area contributed by atoms with Crippen LogP contribution in [0.15, 0.2) is 114 Å². The highest BCUT2D eigenvalue weighted by atomic mass is 32.2. The van der Waals surface area contributed by atoms with Crippen LogP contribution in [0.5, 0.6) is 0 Å². The summed E-state index contributed by atoms with van der Waals surface area (Å²) in [5.41, 5.74) is 0.634. The lowest BCUT2D eigenvalue weighted by molar-refractivity contribution is -0.385. The molecule has 4 aromatic carbocycles. The number of benzene rings is 4. The quantitative estimate of drug-likeness (QED) is 0.0699. The third-order valence-corrected chi connectivity index (χ3v) is 7.70. The fraction of sp³-hybridized carbons (Fsp3) is 0.0938. The number of rotatable bonds is 12. The molecule has 0 aromatic heterocycles. The first-order valence-corrected chi connectivity index (χ1v) is 14.5. The van der Waals surface area contributed by atoms with Crippen molar-refractivity contribution in [2.45, 2.75) is 23.5 Å². The molecule has 0 bridgehead atoms. The molecule has 0 heterocycles. The number of thioether (sulfide) groups is 1. The molecule has 3 N–H and O–H groups in total. The SMILES string of the molecule is CCC(Sc1cccc(NC(=O)/C(=C\c2ccccc2[N+](=O)[O-])NC(=O)c2ccccc2)c1)C(=O)Nc1ccc([N+](=O)[O-])cc1. The van der Waals surface area contributed by atoms with Gasteiger partial charge in [-0.25, -0.2) is 0 Å². The first-order valence-electron chi connectivity index (χ1n) is 13.6. The Kier molecular flexibility index (Phi) is 10.8. The number of hydrogen-bond acceptors (Lipinski definition) is 8.